The summed E-state index contributed by atoms with van der Waals surface area (Å²) < 4.78 is 155. The van der Waals surface area contributed by atoms with Gasteiger partial charge in [0.2, 0.25) is 0 Å². The highest BCUT2D eigenvalue weighted by Gasteiger charge is 2.81. The van der Waals surface area contributed by atoms with Gasteiger partial charge in [-0.2, -0.15) is 0 Å². The molecule has 7 aromatic carbocycles. The van der Waals surface area contributed by atoms with Crippen molar-refractivity contribution in [2.75, 3.05) is 120 Å². The minimum absolute atomic E-state index is 0.413. The van der Waals surface area contributed by atoms with Gasteiger partial charge in [-0.3, -0.25) is 0 Å². The van der Waals surface area contributed by atoms with Crippen LogP contribution in [0.2, 0.25) is 57.4 Å². The van der Waals surface area contributed by atoms with Crippen molar-refractivity contribution in [3.8, 4) is 0 Å². The zero-order valence-electron chi connectivity index (χ0n) is 61.1. The highest BCUT2D eigenvalue weighted by molar-refractivity contribution is 7.11. The van der Waals surface area contributed by atoms with Crippen molar-refractivity contribution in [1.29, 1.82) is 0 Å². The van der Waals surface area contributed by atoms with Crippen LogP contribution in [0.15, 0.2) is 212 Å². The highest BCUT2D eigenvalue weighted by atomic mass is 28.6. The molecular weight excluding hydrogens is 1480 g/mol. The summed E-state index contributed by atoms with van der Waals surface area (Å²) in [5.41, 5.74) is 0. The van der Waals surface area contributed by atoms with Gasteiger partial charge in [0.15, 0.2) is 25.0 Å². The van der Waals surface area contributed by atoms with Crippen LogP contribution in [0.25, 0.3) is 0 Å². The van der Waals surface area contributed by atoms with E-state index in [1.54, 1.807) is 21.3 Å². The quantitative estimate of drug-likeness (QED) is 0.0264. The molecule has 21 nitrogen and oxygen atoms in total. The molecule has 10 rings (SSSR count). The van der Waals surface area contributed by atoms with E-state index in [2.05, 4.69) is 39.3 Å². The van der Waals surface area contributed by atoms with Gasteiger partial charge < -0.3 is 92.0 Å². The summed E-state index contributed by atoms with van der Waals surface area (Å²) in [6.07, 6.45) is 1.92. The largest absolute Gasteiger partial charge is 0.515 e. The van der Waals surface area contributed by atoms with Gasteiger partial charge in [0.25, 0.3) is 0 Å². The molecule has 0 amide bonds. The average molecular weight is 1590 g/mol. The number of rotatable bonds is 43. The number of methoxy groups -OCH3 is 3. The summed E-state index contributed by atoms with van der Waals surface area (Å²) in [7, 11) is -39.8. The van der Waals surface area contributed by atoms with Crippen LogP contribution < -0.4 is 36.3 Å². The second-order valence-corrected chi connectivity index (χ2v) is 60.6. The van der Waals surface area contributed by atoms with E-state index in [1.807, 2.05) is 212 Å². The SMILES string of the molecule is COCCOCCOCCC[Si](C)(C)O[Si]1(c2ccccc2)O[Si]2(c3ccccc3)O[Si](O[Si](C)(C)CCCOCCOCCOC)(c3ccccc3)O[Si]3(c4ccccc4)O[Si](O[Si](C)(C)CCCOCCOCCOC)(c4ccccc4)O[Si](c4ccccc4)(O1)O[Si](c1ccccc1)(O2)O3. The zero-order valence-corrected chi connectivity index (χ0v) is 71.1. The van der Waals surface area contributed by atoms with Gasteiger partial charge in [0.05, 0.1) is 79.3 Å². The first-order valence-corrected chi connectivity index (χ1v) is 57.1. The number of hydrogen-bond acceptors (Lipinski definition) is 21. The average Bonchev–Trinajstić information content (AvgIpc) is 0.682. The maximum Gasteiger partial charge on any atom is 0.515 e. The molecule has 0 saturated carbocycles. The van der Waals surface area contributed by atoms with Crippen molar-refractivity contribution < 1.29 is 92.0 Å². The third-order valence-corrected chi connectivity index (χ3v) is 58.3. The van der Waals surface area contributed by atoms with Gasteiger partial charge in [0, 0.05) is 77.5 Å². The van der Waals surface area contributed by atoms with Crippen LogP contribution in [0, 0.1) is 0 Å². The van der Waals surface area contributed by atoms with E-state index in [4.69, 9.17) is 92.0 Å². The van der Waals surface area contributed by atoms with Gasteiger partial charge in [-0.15, -0.1) is 0 Å². The molecule has 3 heterocycles. The lowest BCUT2D eigenvalue weighted by Gasteiger charge is -2.59. The summed E-state index contributed by atoms with van der Waals surface area (Å²) in [6.45, 7) is 19.9. The minimum atomic E-state index is -5.10. The fourth-order valence-electron chi connectivity index (χ4n) is 12.2. The van der Waals surface area contributed by atoms with Crippen LogP contribution >= 0.6 is 0 Å². The summed E-state index contributed by atoms with van der Waals surface area (Å²) in [4.78, 5) is 0. The van der Waals surface area contributed by atoms with Crippen LogP contribution in [-0.2, 0) is 92.0 Å². The molecule has 0 radical (unpaired) electrons. The van der Waals surface area contributed by atoms with E-state index in [-0.39, 0.29) is 0 Å². The lowest BCUT2D eigenvalue weighted by molar-refractivity contribution is 0.0245. The molecule has 0 aliphatic carbocycles. The van der Waals surface area contributed by atoms with Crippen LogP contribution in [0.1, 0.15) is 19.3 Å². The van der Waals surface area contributed by atoms with Gasteiger partial charge >= 0.3 is 61.6 Å². The van der Waals surface area contributed by atoms with Gasteiger partial charge in [0.1, 0.15) is 0 Å². The molecule has 7 aromatic rings. The lowest BCUT2D eigenvalue weighted by atomic mass is 10.4. The van der Waals surface area contributed by atoms with Crippen LogP contribution in [-0.4, -0.2) is 207 Å². The van der Waals surface area contributed by atoms with Crippen molar-refractivity contribution in [3.05, 3.63) is 212 Å². The molecule has 3 aliphatic heterocycles. The Morgan fingerprint density at radius 3 is 0.602 bits per heavy atom. The normalized spacial score (nSPS) is 24.6. The Morgan fingerprint density at radius 1 is 0.223 bits per heavy atom. The molecule has 4 bridgehead atoms. The molecule has 3 aliphatic rings. The molecule has 0 aromatic heterocycles. The first kappa shape index (κ1) is 81.4. The Labute approximate surface area is 620 Å². The third kappa shape index (κ3) is 22.1. The van der Waals surface area contributed by atoms with Crippen molar-refractivity contribution >= 4 is 123 Å². The van der Waals surface area contributed by atoms with E-state index < -0.39 is 86.6 Å². The molecule has 0 unspecified atom stereocenters. The van der Waals surface area contributed by atoms with Gasteiger partial charge in [-0.05, 0) is 76.7 Å². The topological polar surface area (TPSA) is 194 Å². The Hall–Kier alpha value is -4.13. The second kappa shape index (κ2) is 38.8. The molecule has 0 N–H and O–H groups in total. The number of hydrogen-bond donors (Lipinski definition) is 0. The number of benzene rings is 7. The predicted molar refractivity (Wildman–Crippen MR) is 417 cm³/mol. The second-order valence-electron chi connectivity index (χ2n) is 26.9. The summed E-state index contributed by atoms with van der Waals surface area (Å²) in [6, 6.07) is 70.8. The first-order chi connectivity index (χ1) is 49.9. The maximum absolute atomic E-state index is 8.71. The van der Waals surface area contributed by atoms with E-state index >= 15 is 0 Å². The fraction of sp³-hybridized carbons (Fsp3) is 0.417. The molecule has 31 heteroatoms. The Bertz CT molecular complexity index is 3210. The molecule has 558 valence electrons. The summed E-state index contributed by atoms with van der Waals surface area (Å²) in [5.74, 6) is 0. The Morgan fingerprint density at radius 2 is 0.398 bits per heavy atom. The third-order valence-electron chi connectivity index (χ3n) is 17.2. The molecule has 0 spiro atoms. The summed E-state index contributed by atoms with van der Waals surface area (Å²) in [5, 5.41) is 3.95. The van der Waals surface area contributed by atoms with Crippen LogP contribution in [0.4, 0.5) is 0 Å². The van der Waals surface area contributed by atoms with Crippen molar-refractivity contribution in [1.82, 2.24) is 0 Å². The van der Waals surface area contributed by atoms with E-state index in [0.29, 0.717) is 173 Å². The van der Waals surface area contributed by atoms with Crippen molar-refractivity contribution in [2.45, 2.75) is 76.7 Å². The van der Waals surface area contributed by atoms with Gasteiger partial charge in [-0.25, -0.2) is 0 Å². The highest BCUT2D eigenvalue weighted by Crippen LogP contribution is 2.45. The predicted octanol–water partition coefficient (Wildman–Crippen LogP) is 7.97. The van der Waals surface area contributed by atoms with Crippen LogP contribution in [0.5, 0.6) is 0 Å². The van der Waals surface area contributed by atoms with Gasteiger partial charge in [-0.1, -0.05) is 212 Å². The maximum atomic E-state index is 8.71. The van der Waals surface area contributed by atoms with E-state index in [9.17, 15) is 0 Å². The molecule has 3 fully saturated rings. The van der Waals surface area contributed by atoms with E-state index in [0.717, 1.165) is 0 Å². The Balaban J connectivity index is 1.28. The molecular formula is C72H104O21Si10. The fourth-order valence-corrected chi connectivity index (χ4v) is 63.4. The lowest BCUT2D eigenvalue weighted by Crippen LogP contribution is -2.92. The first-order valence-electron chi connectivity index (χ1n) is 35.6. The summed E-state index contributed by atoms with van der Waals surface area (Å²) >= 11 is 0. The van der Waals surface area contributed by atoms with E-state index in [1.165, 1.54) is 0 Å². The smallest absolute Gasteiger partial charge is 0.413 e. The molecule has 0 atom stereocenters. The minimum Gasteiger partial charge on any atom is -0.413 e. The van der Waals surface area contributed by atoms with Crippen LogP contribution in [0.3, 0.4) is 0 Å². The monoisotopic (exact) mass is 1580 g/mol. The number of fused-ring (bicyclic) bond motifs is 3. The standard InChI is InChI=1S/C72H104O21Si10/c1-73-51-54-79-60-57-76-48-31-63-94(4,5)82-97(66-34-17-10-18-35-66)85-100(69-40-23-13-24-41-69)87-98(67-36-19-11-20-37-67,83-95(6,7)64-32-49-77-58-61-80-55-52-74-2)89-102(71-44-27-15-28-45-71)90-99(68-38-21-12-22-39-68,84-96(8,9)65-33-50-78-59-62-81-56-53-75-3)88-101(86-97,70-42-25-14-26-43-70)92-103(91-100,93-102)72-46-29-16-30-47-72/h10-30,34-47H,31-33,48-65H2,1-9H3. The Kier molecular flexibility index (Phi) is 30.6. The van der Waals surface area contributed by atoms with Crippen molar-refractivity contribution in [3.63, 3.8) is 0 Å². The molecule has 3 saturated heterocycles. The number of ether oxygens (including phenoxy) is 9. The van der Waals surface area contributed by atoms with Crippen molar-refractivity contribution in [2.24, 2.45) is 0 Å². The molecule has 103 heavy (non-hydrogen) atoms. The zero-order chi connectivity index (χ0) is 72.5.